The number of hydrogen-bond acceptors (Lipinski definition) is 0. The fourth-order valence-electron chi connectivity index (χ4n) is 4.31. The predicted octanol–water partition coefficient (Wildman–Crippen LogP) is 3.42. The van der Waals surface area contributed by atoms with Crippen LogP contribution in [0.5, 0.6) is 0 Å². The first-order valence-electron chi connectivity index (χ1n) is 7.47. The average molecular weight is 287 g/mol. The SMILES string of the molecule is C[P+]12c3ccccc3C(c3ccccc31)c1ccccc12. The third-order valence-corrected chi connectivity index (χ3v) is 9.30. The van der Waals surface area contributed by atoms with Crippen LogP contribution in [0.2, 0.25) is 0 Å². The molecule has 0 radical (unpaired) electrons. The molecule has 3 heterocycles. The molecule has 0 unspecified atom stereocenters. The van der Waals surface area contributed by atoms with Gasteiger partial charge in [0.25, 0.3) is 0 Å². The molecule has 1 heteroatoms. The smallest absolute Gasteiger partial charge is 0.0617 e. The second-order valence-electron chi connectivity index (χ2n) is 6.12. The van der Waals surface area contributed by atoms with Crippen molar-refractivity contribution in [1.82, 2.24) is 0 Å². The number of hydrogen-bond donors (Lipinski definition) is 0. The summed E-state index contributed by atoms with van der Waals surface area (Å²) in [5.74, 6) is 0.426. The first kappa shape index (κ1) is 11.7. The van der Waals surface area contributed by atoms with Gasteiger partial charge >= 0.3 is 0 Å². The topological polar surface area (TPSA) is 0 Å². The molecule has 0 saturated carbocycles. The number of rotatable bonds is 0. The quantitative estimate of drug-likeness (QED) is 0.556. The van der Waals surface area contributed by atoms with Gasteiger partial charge in [0, 0.05) is 22.6 Å². The van der Waals surface area contributed by atoms with Gasteiger partial charge in [-0.3, -0.25) is 0 Å². The molecule has 0 aromatic heterocycles. The lowest BCUT2D eigenvalue weighted by Gasteiger charge is -2.42. The normalized spacial score (nSPS) is 24.1. The maximum absolute atomic E-state index is 2.50. The van der Waals surface area contributed by atoms with E-state index >= 15 is 0 Å². The van der Waals surface area contributed by atoms with E-state index in [1.807, 2.05) is 0 Å². The van der Waals surface area contributed by atoms with E-state index in [0.717, 1.165) is 0 Å². The molecule has 0 fully saturated rings. The lowest BCUT2D eigenvalue weighted by atomic mass is 9.84. The molecule has 3 aromatic carbocycles. The van der Waals surface area contributed by atoms with Crippen molar-refractivity contribution in [2.24, 2.45) is 0 Å². The molecule has 21 heavy (non-hydrogen) atoms. The first-order chi connectivity index (χ1) is 10.3. The Hall–Kier alpha value is -1.91. The van der Waals surface area contributed by atoms with Crippen molar-refractivity contribution in [3.63, 3.8) is 0 Å². The van der Waals surface area contributed by atoms with Crippen LogP contribution in [-0.4, -0.2) is 6.66 Å². The summed E-state index contributed by atoms with van der Waals surface area (Å²) in [5, 5.41) is 4.77. The van der Waals surface area contributed by atoms with Crippen molar-refractivity contribution >= 4 is 23.2 Å². The van der Waals surface area contributed by atoms with Crippen LogP contribution in [0, 0.1) is 0 Å². The van der Waals surface area contributed by atoms with Crippen LogP contribution in [-0.2, 0) is 0 Å². The van der Waals surface area contributed by atoms with Gasteiger partial charge in [0.05, 0.1) is 6.66 Å². The Balaban J connectivity index is 2.00. The number of benzene rings is 3. The zero-order chi connectivity index (χ0) is 14.0. The van der Waals surface area contributed by atoms with Crippen molar-refractivity contribution in [1.29, 1.82) is 0 Å². The van der Waals surface area contributed by atoms with Crippen LogP contribution >= 0.6 is 7.26 Å². The Morgan fingerprint density at radius 1 is 0.571 bits per heavy atom. The maximum atomic E-state index is 2.50. The van der Waals surface area contributed by atoms with E-state index < -0.39 is 7.26 Å². The van der Waals surface area contributed by atoms with Crippen LogP contribution in [0.3, 0.4) is 0 Å². The van der Waals surface area contributed by atoms with E-state index in [9.17, 15) is 0 Å². The Morgan fingerprint density at radius 3 is 1.29 bits per heavy atom. The van der Waals surface area contributed by atoms with Crippen LogP contribution in [0.25, 0.3) is 0 Å². The molecular weight excluding hydrogens is 271 g/mol. The van der Waals surface area contributed by atoms with Crippen LogP contribution in [0.4, 0.5) is 0 Å². The minimum Gasteiger partial charge on any atom is -0.0617 e. The fourth-order valence-corrected chi connectivity index (χ4v) is 8.40. The van der Waals surface area contributed by atoms with E-state index in [-0.39, 0.29) is 0 Å². The Labute approximate surface area is 125 Å². The summed E-state index contributed by atoms with van der Waals surface area (Å²) in [6.45, 7) is 2.50. The van der Waals surface area contributed by atoms with E-state index in [1.54, 1.807) is 15.9 Å². The summed E-state index contributed by atoms with van der Waals surface area (Å²) < 4.78 is 0. The van der Waals surface area contributed by atoms with Crippen molar-refractivity contribution in [3.8, 4) is 0 Å². The average Bonchev–Trinajstić information content (AvgIpc) is 2.56. The summed E-state index contributed by atoms with van der Waals surface area (Å²) in [6.07, 6.45) is 0. The summed E-state index contributed by atoms with van der Waals surface area (Å²) in [5.41, 5.74) is 4.60. The third-order valence-electron chi connectivity index (χ3n) is 5.19. The van der Waals surface area contributed by atoms with Crippen LogP contribution in [0.1, 0.15) is 22.6 Å². The first-order valence-corrected chi connectivity index (χ1v) is 9.70. The van der Waals surface area contributed by atoms with Crippen molar-refractivity contribution in [3.05, 3.63) is 89.5 Å². The van der Waals surface area contributed by atoms with Crippen LogP contribution in [0.15, 0.2) is 72.8 Å². The highest BCUT2D eigenvalue weighted by atomic mass is 31.2. The summed E-state index contributed by atoms with van der Waals surface area (Å²) in [4.78, 5) is 0. The third kappa shape index (κ3) is 1.25. The lowest BCUT2D eigenvalue weighted by Crippen LogP contribution is -2.46. The van der Waals surface area contributed by atoms with Gasteiger partial charge in [0.1, 0.15) is 23.2 Å². The molecule has 100 valence electrons. The molecule has 2 bridgehead atoms. The van der Waals surface area contributed by atoms with Gasteiger partial charge in [0.2, 0.25) is 0 Å². The summed E-state index contributed by atoms with van der Waals surface area (Å²) >= 11 is 0. The fraction of sp³-hybridized carbons (Fsp3) is 0.100. The molecule has 0 spiro atoms. The second kappa shape index (κ2) is 3.84. The highest BCUT2D eigenvalue weighted by molar-refractivity contribution is 7.95. The van der Waals surface area contributed by atoms with Gasteiger partial charge in [-0.25, -0.2) is 0 Å². The van der Waals surface area contributed by atoms with Gasteiger partial charge in [-0.2, -0.15) is 0 Å². The van der Waals surface area contributed by atoms with Crippen molar-refractivity contribution < 1.29 is 0 Å². The molecular formula is C20H16P+. The zero-order valence-corrected chi connectivity index (χ0v) is 12.8. The van der Waals surface area contributed by atoms with Crippen molar-refractivity contribution in [2.75, 3.05) is 6.66 Å². The predicted molar refractivity (Wildman–Crippen MR) is 92.0 cm³/mol. The Kier molecular flexibility index (Phi) is 2.14. The van der Waals surface area contributed by atoms with Gasteiger partial charge in [0.15, 0.2) is 0 Å². The molecule has 0 aliphatic carbocycles. The minimum absolute atomic E-state index is 0.426. The van der Waals surface area contributed by atoms with E-state index in [2.05, 4.69) is 79.5 Å². The second-order valence-corrected chi connectivity index (χ2v) is 9.57. The lowest BCUT2D eigenvalue weighted by molar-refractivity contribution is 0.985. The Morgan fingerprint density at radius 2 is 0.905 bits per heavy atom. The monoisotopic (exact) mass is 287 g/mol. The molecule has 0 amide bonds. The largest absolute Gasteiger partial charge is 0.110 e. The molecule has 6 rings (SSSR count). The minimum atomic E-state index is -1.45. The van der Waals surface area contributed by atoms with E-state index in [1.165, 1.54) is 16.7 Å². The molecule has 0 nitrogen and oxygen atoms in total. The van der Waals surface area contributed by atoms with Gasteiger partial charge in [-0.15, -0.1) is 0 Å². The van der Waals surface area contributed by atoms with Gasteiger partial charge < -0.3 is 0 Å². The van der Waals surface area contributed by atoms with E-state index in [4.69, 9.17) is 0 Å². The van der Waals surface area contributed by atoms with Crippen LogP contribution < -0.4 is 15.9 Å². The highest BCUT2D eigenvalue weighted by Gasteiger charge is 2.55. The summed E-state index contributed by atoms with van der Waals surface area (Å²) in [6, 6.07) is 27.3. The highest BCUT2D eigenvalue weighted by Crippen LogP contribution is 2.63. The molecule has 3 aliphatic rings. The molecule has 3 aromatic rings. The molecule has 0 saturated heterocycles. The van der Waals surface area contributed by atoms with Gasteiger partial charge in [-0.05, 0) is 18.2 Å². The molecule has 3 aliphatic heterocycles. The van der Waals surface area contributed by atoms with E-state index in [0.29, 0.717) is 5.92 Å². The summed E-state index contributed by atoms with van der Waals surface area (Å²) in [7, 11) is -1.45. The molecule has 0 atom stereocenters. The maximum Gasteiger partial charge on any atom is 0.110 e. The molecule has 0 N–H and O–H groups in total. The van der Waals surface area contributed by atoms with Crippen molar-refractivity contribution in [2.45, 2.75) is 5.92 Å². The zero-order valence-electron chi connectivity index (χ0n) is 12.0. The van der Waals surface area contributed by atoms with Gasteiger partial charge in [-0.1, -0.05) is 54.6 Å². The Bertz CT molecular complexity index is 763. The standard InChI is InChI=1S/C20H16P/c1-21-17-11-5-2-8-14(17)20(15-9-3-6-12-18(15)21)16-10-4-7-13-19(16)21/h2-13,20H,1H3/q+1.